The molecule has 0 aromatic heterocycles. The van der Waals surface area contributed by atoms with E-state index in [-0.39, 0.29) is 6.09 Å². The van der Waals surface area contributed by atoms with E-state index in [4.69, 9.17) is 4.74 Å². The summed E-state index contributed by atoms with van der Waals surface area (Å²) in [5, 5.41) is 2.65. The van der Waals surface area contributed by atoms with Crippen molar-refractivity contribution in [3.05, 3.63) is 0 Å². The van der Waals surface area contributed by atoms with E-state index in [1.54, 1.807) is 0 Å². The molecular formula is C9H18N2O3. The quantitative estimate of drug-likeness (QED) is 0.655. The molecular weight excluding hydrogens is 184 g/mol. The van der Waals surface area contributed by atoms with Crippen LogP contribution in [0.3, 0.4) is 0 Å². The van der Waals surface area contributed by atoms with Crippen molar-refractivity contribution < 1.29 is 14.3 Å². The lowest BCUT2D eigenvalue weighted by atomic mass is 10.3. The monoisotopic (exact) mass is 202 g/mol. The number of rotatable bonds is 4. The number of carbonyl (C=O) groups excluding carboxylic acids is 1. The summed E-state index contributed by atoms with van der Waals surface area (Å²) >= 11 is 0. The van der Waals surface area contributed by atoms with Crippen LogP contribution in [0.25, 0.3) is 0 Å². The van der Waals surface area contributed by atoms with Gasteiger partial charge in [-0.3, -0.25) is 4.90 Å². The Balaban J connectivity index is 1.94. The Kier molecular flexibility index (Phi) is 5.32. The minimum Gasteiger partial charge on any atom is -0.453 e. The van der Waals surface area contributed by atoms with Gasteiger partial charge >= 0.3 is 6.09 Å². The van der Waals surface area contributed by atoms with Gasteiger partial charge in [-0.05, 0) is 13.0 Å². The summed E-state index contributed by atoms with van der Waals surface area (Å²) in [6.45, 7) is 5.32. The minimum absolute atomic E-state index is 0.355. The summed E-state index contributed by atoms with van der Waals surface area (Å²) in [5.41, 5.74) is 0. The van der Waals surface area contributed by atoms with Gasteiger partial charge in [-0.2, -0.15) is 0 Å². The molecule has 0 radical (unpaired) electrons. The number of amides is 1. The molecule has 1 rings (SSSR count). The van der Waals surface area contributed by atoms with Gasteiger partial charge in [0.2, 0.25) is 0 Å². The van der Waals surface area contributed by atoms with Crippen molar-refractivity contribution >= 4 is 6.09 Å². The van der Waals surface area contributed by atoms with Crippen LogP contribution in [-0.4, -0.2) is 57.5 Å². The summed E-state index contributed by atoms with van der Waals surface area (Å²) in [7, 11) is 1.37. The Morgan fingerprint density at radius 2 is 2.21 bits per heavy atom. The zero-order chi connectivity index (χ0) is 10.2. The van der Waals surface area contributed by atoms with Gasteiger partial charge in [-0.25, -0.2) is 4.79 Å². The number of methoxy groups -OCH3 is 1. The molecule has 1 heterocycles. The first-order valence-electron chi connectivity index (χ1n) is 4.95. The predicted octanol–water partition coefficient (Wildman–Crippen LogP) is 0.0647. The number of carbonyl (C=O) groups is 1. The third-order valence-electron chi connectivity index (χ3n) is 2.21. The fourth-order valence-electron chi connectivity index (χ4n) is 1.39. The van der Waals surface area contributed by atoms with Gasteiger partial charge in [-0.15, -0.1) is 0 Å². The zero-order valence-corrected chi connectivity index (χ0v) is 8.62. The molecule has 0 saturated carbocycles. The molecule has 0 bridgehead atoms. The third-order valence-corrected chi connectivity index (χ3v) is 2.21. The van der Waals surface area contributed by atoms with E-state index in [2.05, 4.69) is 15.0 Å². The molecule has 1 aliphatic heterocycles. The summed E-state index contributed by atoms with van der Waals surface area (Å²) in [6, 6.07) is 0. The molecule has 5 nitrogen and oxygen atoms in total. The molecule has 1 amide bonds. The first-order valence-corrected chi connectivity index (χ1v) is 4.95. The van der Waals surface area contributed by atoms with Crippen molar-refractivity contribution in [1.82, 2.24) is 10.2 Å². The van der Waals surface area contributed by atoms with Gasteiger partial charge < -0.3 is 14.8 Å². The second-order valence-corrected chi connectivity index (χ2v) is 3.23. The highest BCUT2D eigenvalue weighted by Crippen LogP contribution is 1.97. The highest BCUT2D eigenvalue weighted by Gasteiger charge is 2.09. The lowest BCUT2D eigenvalue weighted by Crippen LogP contribution is -2.38. The third kappa shape index (κ3) is 4.43. The van der Waals surface area contributed by atoms with E-state index in [1.807, 2.05) is 0 Å². The number of morpholine rings is 1. The number of hydrogen-bond acceptors (Lipinski definition) is 4. The SMILES string of the molecule is COC(=O)NCCCN1CCOCC1. The standard InChI is InChI=1S/C9H18N2O3/c1-13-9(12)10-3-2-4-11-5-7-14-8-6-11/h2-8H2,1H3,(H,10,12). The van der Waals surface area contributed by atoms with Gasteiger partial charge in [-0.1, -0.05) is 0 Å². The van der Waals surface area contributed by atoms with Gasteiger partial charge in [0.05, 0.1) is 20.3 Å². The topological polar surface area (TPSA) is 50.8 Å². The fraction of sp³-hybridized carbons (Fsp3) is 0.889. The molecule has 14 heavy (non-hydrogen) atoms. The lowest BCUT2D eigenvalue weighted by molar-refractivity contribution is 0.0374. The molecule has 1 aliphatic rings. The lowest BCUT2D eigenvalue weighted by Gasteiger charge is -2.26. The molecule has 0 aromatic rings. The number of hydrogen-bond donors (Lipinski definition) is 1. The highest BCUT2D eigenvalue weighted by molar-refractivity contribution is 5.66. The average molecular weight is 202 g/mol. The number of nitrogens with zero attached hydrogens (tertiary/aromatic N) is 1. The van der Waals surface area contributed by atoms with E-state index in [1.165, 1.54) is 7.11 Å². The predicted molar refractivity (Wildman–Crippen MR) is 52.3 cm³/mol. The maximum atomic E-state index is 10.7. The van der Waals surface area contributed by atoms with Crippen LogP contribution in [0.1, 0.15) is 6.42 Å². The van der Waals surface area contributed by atoms with Crippen molar-refractivity contribution in [2.75, 3.05) is 46.5 Å². The first kappa shape index (κ1) is 11.3. The normalized spacial score (nSPS) is 17.8. The van der Waals surface area contributed by atoms with Crippen molar-refractivity contribution in [2.24, 2.45) is 0 Å². The fourth-order valence-corrected chi connectivity index (χ4v) is 1.39. The highest BCUT2D eigenvalue weighted by atomic mass is 16.5. The van der Waals surface area contributed by atoms with E-state index in [9.17, 15) is 4.79 Å². The smallest absolute Gasteiger partial charge is 0.406 e. The summed E-state index contributed by atoms with van der Waals surface area (Å²) < 4.78 is 9.69. The maximum absolute atomic E-state index is 10.7. The van der Waals surface area contributed by atoms with Gasteiger partial charge in [0, 0.05) is 19.6 Å². The molecule has 5 heteroatoms. The Morgan fingerprint density at radius 3 is 2.86 bits per heavy atom. The van der Waals surface area contributed by atoms with Crippen molar-refractivity contribution in [2.45, 2.75) is 6.42 Å². The second-order valence-electron chi connectivity index (χ2n) is 3.23. The first-order chi connectivity index (χ1) is 6.83. The zero-order valence-electron chi connectivity index (χ0n) is 8.62. The van der Waals surface area contributed by atoms with E-state index in [0.717, 1.165) is 39.3 Å². The molecule has 0 spiro atoms. The van der Waals surface area contributed by atoms with Crippen LogP contribution in [-0.2, 0) is 9.47 Å². The van der Waals surface area contributed by atoms with Crippen LogP contribution in [0, 0.1) is 0 Å². The largest absolute Gasteiger partial charge is 0.453 e. The van der Waals surface area contributed by atoms with Crippen LogP contribution >= 0.6 is 0 Å². The number of ether oxygens (including phenoxy) is 2. The summed E-state index contributed by atoms with van der Waals surface area (Å²) in [6.07, 6.45) is 0.599. The Labute approximate surface area is 84.4 Å². The molecule has 82 valence electrons. The molecule has 0 aromatic carbocycles. The van der Waals surface area contributed by atoms with Gasteiger partial charge in [0.15, 0.2) is 0 Å². The van der Waals surface area contributed by atoms with Crippen LogP contribution in [0.5, 0.6) is 0 Å². The van der Waals surface area contributed by atoms with E-state index >= 15 is 0 Å². The van der Waals surface area contributed by atoms with Gasteiger partial charge in [0.1, 0.15) is 0 Å². The Morgan fingerprint density at radius 1 is 1.50 bits per heavy atom. The number of nitrogens with one attached hydrogen (secondary N) is 1. The van der Waals surface area contributed by atoms with Crippen LogP contribution in [0.4, 0.5) is 4.79 Å². The minimum atomic E-state index is -0.355. The molecule has 1 saturated heterocycles. The van der Waals surface area contributed by atoms with Crippen molar-refractivity contribution in [3.63, 3.8) is 0 Å². The van der Waals surface area contributed by atoms with Crippen LogP contribution in [0.15, 0.2) is 0 Å². The maximum Gasteiger partial charge on any atom is 0.406 e. The summed E-state index contributed by atoms with van der Waals surface area (Å²) in [5.74, 6) is 0. The second kappa shape index (κ2) is 6.62. The number of alkyl carbamates (subject to hydrolysis) is 1. The molecule has 1 fully saturated rings. The summed E-state index contributed by atoms with van der Waals surface area (Å²) in [4.78, 5) is 13.0. The van der Waals surface area contributed by atoms with Crippen LogP contribution in [0.2, 0.25) is 0 Å². The average Bonchev–Trinajstić information content (AvgIpc) is 2.25. The Bertz CT molecular complexity index is 169. The van der Waals surface area contributed by atoms with Crippen molar-refractivity contribution in [1.29, 1.82) is 0 Å². The van der Waals surface area contributed by atoms with E-state index in [0.29, 0.717) is 6.54 Å². The molecule has 0 unspecified atom stereocenters. The molecule has 0 atom stereocenters. The van der Waals surface area contributed by atoms with Crippen LogP contribution < -0.4 is 5.32 Å². The van der Waals surface area contributed by atoms with Gasteiger partial charge in [0.25, 0.3) is 0 Å². The van der Waals surface area contributed by atoms with Crippen molar-refractivity contribution in [3.8, 4) is 0 Å². The molecule has 1 N–H and O–H groups in total. The van der Waals surface area contributed by atoms with E-state index < -0.39 is 0 Å². The Hall–Kier alpha value is -0.810. The molecule has 0 aliphatic carbocycles.